The highest BCUT2D eigenvalue weighted by molar-refractivity contribution is 7.89. The number of carbonyl (C=O) groups excluding carboxylic acids is 1. The van der Waals surface area contributed by atoms with Crippen LogP contribution in [0.2, 0.25) is 0 Å². The van der Waals surface area contributed by atoms with Crippen LogP contribution in [0.15, 0.2) is 29.2 Å². The Hall–Kier alpha value is -1.44. The van der Waals surface area contributed by atoms with Crippen LogP contribution in [0.1, 0.15) is 44.1 Å². The topological polar surface area (TPSA) is 75.7 Å². The lowest BCUT2D eigenvalue weighted by Crippen LogP contribution is -2.49. The number of aryl methyl sites for hydroxylation is 1. The Morgan fingerprint density at radius 3 is 2.35 bits per heavy atom. The highest BCUT2D eigenvalue weighted by Gasteiger charge is 2.39. The smallest absolute Gasteiger partial charge is 0.243 e. The monoisotopic (exact) mass is 380 g/mol. The molecule has 26 heavy (non-hydrogen) atoms. The van der Waals surface area contributed by atoms with Gasteiger partial charge in [-0.15, -0.1) is 0 Å². The van der Waals surface area contributed by atoms with Crippen LogP contribution in [-0.2, 0) is 19.6 Å². The summed E-state index contributed by atoms with van der Waals surface area (Å²) in [5, 5.41) is 3.06. The third-order valence-corrected chi connectivity index (χ3v) is 7.57. The fourth-order valence-electron chi connectivity index (χ4n) is 3.70. The lowest BCUT2D eigenvalue weighted by molar-refractivity contribution is -0.135. The third-order valence-electron chi connectivity index (χ3n) is 5.66. The van der Waals surface area contributed by atoms with E-state index in [0.29, 0.717) is 37.2 Å². The fraction of sp³-hybridized carbons (Fsp3) is 0.632. The van der Waals surface area contributed by atoms with Crippen LogP contribution in [0.4, 0.5) is 0 Å². The van der Waals surface area contributed by atoms with Crippen molar-refractivity contribution >= 4 is 15.9 Å². The summed E-state index contributed by atoms with van der Waals surface area (Å²) in [6, 6.07) is 6.96. The van der Waals surface area contributed by atoms with Gasteiger partial charge >= 0.3 is 0 Å². The highest BCUT2D eigenvalue weighted by atomic mass is 32.2. The Bertz CT molecular complexity index is 728. The number of carbonyl (C=O) groups is 1. The molecule has 1 aromatic rings. The second kappa shape index (κ2) is 7.66. The van der Waals surface area contributed by atoms with Crippen molar-refractivity contribution < 1.29 is 17.9 Å². The molecule has 0 atom stereocenters. The molecule has 3 rings (SSSR count). The van der Waals surface area contributed by atoms with Crippen LogP contribution >= 0.6 is 0 Å². The summed E-state index contributed by atoms with van der Waals surface area (Å²) in [6.07, 6.45) is 4.64. The molecule has 144 valence electrons. The number of methoxy groups -OCH3 is 1. The van der Waals surface area contributed by atoms with Gasteiger partial charge in [-0.2, -0.15) is 4.31 Å². The first kappa shape index (κ1) is 19.3. The lowest BCUT2D eigenvalue weighted by Gasteiger charge is -2.40. The molecule has 0 radical (unpaired) electrons. The summed E-state index contributed by atoms with van der Waals surface area (Å²) in [5.74, 6) is 0.00592. The van der Waals surface area contributed by atoms with Gasteiger partial charge < -0.3 is 10.1 Å². The first-order chi connectivity index (χ1) is 12.3. The van der Waals surface area contributed by atoms with E-state index in [1.54, 1.807) is 19.2 Å². The van der Waals surface area contributed by atoms with Gasteiger partial charge in [-0.1, -0.05) is 17.7 Å². The maximum absolute atomic E-state index is 12.7. The number of ether oxygens (including phenoxy) is 1. The summed E-state index contributed by atoms with van der Waals surface area (Å²) < 4.78 is 32.5. The summed E-state index contributed by atoms with van der Waals surface area (Å²) in [4.78, 5) is 12.6. The second-order valence-electron chi connectivity index (χ2n) is 7.48. The quantitative estimate of drug-likeness (QED) is 0.821. The van der Waals surface area contributed by atoms with Gasteiger partial charge in [-0.3, -0.25) is 4.79 Å². The van der Waals surface area contributed by atoms with Crippen molar-refractivity contribution in [3.8, 4) is 0 Å². The van der Waals surface area contributed by atoms with E-state index < -0.39 is 10.0 Å². The molecule has 1 amide bonds. The number of benzene rings is 1. The number of nitrogens with one attached hydrogen (secondary N) is 1. The number of nitrogens with zero attached hydrogens (tertiary/aromatic N) is 1. The van der Waals surface area contributed by atoms with Gasteiger partial charge in [0.05, 0.1) is 16.9 Å². The number of hydrogen-bond donors (Lipinski definition) is 1. The van der Waals surface area contributed by atoms with Crippen molar-refractivity contribution in [2.75, 3.05) is 20.2 Å². The molecular weight excluding hydrogens is 352 g/mol. The van der Waals surface area contributed by atoms with E-state index >= 15 is 0 Å². The van der Waals surface area contributed by atoms with Crippen molar-refractivity contribution in [1.82, 2.24) is 9.62 Å². The van der Waals surface area contributed by atoms with E-state index in [2.05, 4.69) is 5.32 Å². The molecule has 1 aliphatic heterocycles. The summed E-state index contributed by atoms with van der Waals surface area (Å²) in [7, 11) is -1.79. The lowest BCUT2D eigenvalue weighted by atomic mass is 9.77. The van der Waals surface area contributed by atoms with Crippen LogP contribution in [-0.4, -0.2) is 50.5 Å². The van der Waals surface area contributed by atoms with E-state index in [1.807, 2.05) is 19.1 Å². The summed E-state index contributed by atoms with van der Waals surface area (Å²) >= 11 is 0. The predicted octanol–water partition coefficient (Wildman–Crippen LogP) is 2.22. The molecule has 1 heterocycles. The number of amides is 1. The van der Waals surface area contributed by atoms with Crippen LogP contribution in [0.25, 0.3) is 0 Å². The number of hydrogen-bond acceptors (Lipinski definition) is 4. The SMILES string of the molecule is COC1(CC(=O)NC2CCN(S(=O)(=O)c3ccc(C)cc3)CC2)CCC1. The zero-order chi connectivity index (χ0) is 18.8. The Kier molecular flexibility index (Phi) is 5.69. The molecule has 1 aliphatic carbocycles. The van der Waals surface area contributed by atoms with Gasteiger partial charge in [0.2, 0.25) is 15.9 Å². The van der Waals surface area contributed by atoms with E-state index in [9.17, 15) is 13.2 Å². The molecule has 1 aromatic carbocycles. The van der Waals surface area contributed by atoms with Crippen LogP contribution in [0, 0.1) is 6.92 Å². The molecular formula is C19H28N2O4S. The minimum absolute atomic E-state index is 0.00592. The van der Waals surface area contributed by atoms with Gasteiger partial charge in [0, 0.05) is 26.2 Å². The molecule has 2 aliphatic rings. The first-order valence-corrected chi connectivity index (χ1v) is 10.7. The number of sulfonamides is 1. The maximum Gasteiger partial charge on any atom is 0.243 e. The fourth-order valence-corrected chi connectivity index (χ4v) is 5.16. The molecule has 0 aromatic heterocycles. The minimum atomic E-state index is -3.46. The second-order valence-corrected chi connectivity index (χ2v) is 9.41. The van der Waals surface area contributed by atoms with Crippen molar-refractivity contribution in [1.29, 1.82) is 0 Å². The molecule has 0 unspecified atom stereocenters. The maximum atomic E-state index is 12.7. The van der Waals surface area contributed by atoms with E-state index in [-0.39, 0.29) is 17.6 Å². The van der Waals surface area contributed by atoms with E-state index in [4.69, 9.17) is 4.74 Å². The highest BCUT2D eigenvalue weighted by Crippen LogP contribution is 2.38. The standard InChI is InChI=1S/C19H28N2O4S/c1-15-4-6-17(7-5-15)26(23,24)21-12-8-16(9-13-21)20-18(22)14-19(25-2)10-3-11-19/h4-7,16H,3,8-14H2,1-2H3,(H,20,22). The van der Waals surface area contributed by atoms with Crippen LogP contribution < -0.4 is 5.32 Å². The van der Waals surface area contributed by atoms with Gasteiger partial charge in [0.15, 0.2) is 0 Å². The molecule has 7 heteroatoms. The Morgan fingerprint density at radius 1 is 1.23 bits per heavy atom. The predicted molar refractivity (Wildman–Crippen MR) is 99.3 cm³/mol. The van der Waals surface area contributed by atoms with Crippen LogP contribution in [0.5, 0.6) is 0 Å². The first-order valence-electron chi connectivity index (χ1n) is 9.26. The normalized spacial score (nSPS) is 21.2. The largest absolute Gasteiger partial charge is 0.378 e. The number of piperidine rings is 1. The summed E-state index contributed by atoms with van der Waals surface area (Å²) in [5.41, 5.74) is 0.755. The zero-order valence-electron chi connectivity index (χ0n) is 15.5. The molecule has 6 nitrogen and oxygen atoms in total. The molecule has 1 saturated carbocycles. The molecule has 2 fully saturated rings. The van der Waals surface area contributed by atoms with Gasteiger partial charge in [-0.25, -0.2) is 8.42 Å². The third kappa shape index (κ3) is 4.10. The van der Waals surface area contributed by atoms with Crippen molar-refractivity contribution in [3.05, 3.63) is 29.8 Å². The molecule has 0 bridgehead atoms. The van der Waals surface area contributed by atoms with Crippen LogP contribution in [0.3, 0.4) is 0 Å². The average molecular weight is 381 g/mol. The Balaban J connectivity index is 1.52. The Morgan fingerprint density at radius 2 is 1.85 bits per heavy atom. The molecule has 1 saturated heterocycles. The van der Waals surface area contributed by atoms with E-state index in [0.717, 1.165) is 24.8 Å². The van der Waals surface area contributed by atoms with Gasteiger partial charge in [0.1, 0.15) is 0 Å². The number of rotatable bonds is 6. The van der Waals surface area contributed by atoms with Gasteiger partial charge in [-0.05, 0) is 51.2 Å². The average Bonchev–Trinajstić information content (AvgIpc) is 2.59. The molecule has 1 N–H and O–H groups in total. The molecule has 0 spiro atoms. The van der Waals surface area contributed by atoms with Crippen molar-refractivity contribution in [2.24, 2.45) is 0 Å². The summed E-state index contributed by atoms with van der Waals surface area (Å²) in [6.45, 7) is 2.79. The van der Waals surface area contributed by atoms with Crippen molar-refractivity contribution in [3.63, 3.8) is 0 Å². The van der Waals surface area contributed by atoms with Gasteiger partial charge in [0.25, 0.3) is 0 Å². The minimum Gasteiger partial charge on any atom is -0.378 e. The zero-order valence-corrected chi connectivity index (χ0v) is 16.3. The van der Waals surface area contributed by atoms with E-state index in [1.165, 1.54) is 4.31 Å². The Labute approximate surface area is 156 Å². The van der Waals surface area contributed by atoms with Crippen molar-refractivity contribution in [2.45, 2.75) is 62.0 Å².